The van der Waals surface area contributed by atoms with E-state index in [1.807, 2.05) is 0 Å². The number of nitrogens with zero attached hydrogens (tertiary/aromatic N) is 1. The topological polar surface area (TPSA) is 80.4 Å². The van der Waals surface area contributed by atoms with Gasteiger partial charge in [0.15, 0.2) is 0 Å². The average molecular weight is 316 g/mol. The fourth-order valence-electron chi connectivity index (χ4n) is 1.37. The van der Waals surface area contributed by atoms with Crippen molar-refractivity contribution in [2.45, 2.75) is 9.79 Å². The minimum Gasteiger partial charge on any atom is -0.477 e. The van der Waals surface area contributed by atoms with Crippen molar-refractivity contribution in [2.75, 3.05) is 0 Å². The van der Waals surface area contributed by atoms with Gasteiger partial charge in [-0.05, 0) is 23.6 Å². The predicted octanol–water partition coefficient (Wildman–Crippen LogP) is 4.16. The van der Waals surface area contributed by atoms with E-state index in [9.17, 15) is 14.9 Å². The number of rotatable bonds is 4. The number of hydrogen-bond donors (Lipinski definition) is 1. The Labute approximate surface area is 121 Å². The molecule has 0 saturated heterocycles. The van der Waals surface area contributed by atoms with Crippen LogP contribution >= 0.6 is 34.7 Å². The van der Waals surface area contributed by atoms with Crippen molar-refractivity contribution in [3.05, 3.63) is 49.7 Å². The lowest BCUT2D eigenvalue weighted by atomic mass is 10.3. The first-order valence-electron chi connectivity index (χ1n) is 4.91. The van der Waals surface area contributed by atoms with Crippen LogP contribution in [-0.4, -0.2) is 16.0 Å². The molecule has 98 valence electrons. The number of carboxylic acids is 1. The number of aromatic carboxylic acids is 1. The first-order chi connectivity index (χ1) is 8.99. The summed E-state index contributed by atoms with van der Waals surface area (Å²) in [4.78, 5) is 22.4. The molecule has 5 nitrogen and oxygen atoms in total. The molecule has 0 unspecified atom stereocenters. The average Bonchev–Trinajstić information content (AvgIpc) is 2.79. The molecule has 2 rings (SSSR count). The molecule has 0 aliphatic rings. The number of hydrogen-bond acceptors (Lipinski definition) is 5. The van der Waals surface area contributed by atoms with Crippen molar-refractivity contribution < 1.29 is 14.8 Å². The molecule has 1 N–H and O–H groups in total. The molecule has 0 atom stereocenters. The van der Waals surface area contributed by atoms with Crippen molar-refractivity contribution in [1.29, 1.82) is 0 Å². The van der Waals surface area contributed by atoms with Gasteiger partial charge in [0.05, 0.1) is 9.82 Å². The van der Waals surface area contributed by atoms with E-state index >= 15 is 0 Å². The number of nitro benzene ring substituents is 1. The van der Waals surface area contributed by atoms with Crippen LogP contribution in [0.4, 0.5) is 5.69 Å². The number of carboxylic acid groups (broad SMARTS) is 1. The van der Waals surface area contributed by atoms with Gasteiger partial charge in [0, 0.05) is 16.0 Å². The zero-order chi connectivity index (χ0) is 14.0. The van der Waals surface area contributed by atoms with E-state index in [2.05, 4.69) is 0 Å². The van der Waals surface area contributed by atoms with Gasteiger partial charge in [-0.1, -0.05) is 23.4 Å². The summed E-state index contributed by atoms with van der Waals surface area (Å²) in [5.41, 5.74) is -0.139. The van der Waals surface area contributed by atoms with E-state index in [0.29, 0.717) is 9.79 Å². The second kappa shape index (κ2) is 5.60. The van der Waals surface area contributed by atoms with Crippen molar-refractivity contribution in [1.82, 2.24) is 0 Å². The van der Waals surface area contributed by atoms with Gasteiger partial charge < -0.3 is 5.11 Å². The highest BCUT2D eigenvalue weighted by molar-refractivity contribution is 7.99. The molecule has 0 saturated carbocycles. The first kappa shape index (κ1) is 13.9. The molecule has 8 heteroatoms. The normalized spacial score (nSPS) is 10.4. The Morgan fingerprint density at radius 2 is 2.11 bits per heavy atom. The van der Waals surface area contributed by atoms with Crippen LogP contribution < -0.4 is 0 Å². The lowest BCUT2D eigenvalue weighted by Crippen LogP contribution is -1.94. The molecule has 1 heterocycles. The number of carbonyl (C=O) groups is 1. The van der Waals surface area contributed by atoms with Gasteiger partial charge in [0.1, 0.15) is 4.88 Å². The van der Waals surface area contributed by atoms with Crippen LogP contribution in [0.2, 0.25) is 5.02 Å². The zero-order valence-corrected chi connectivity index (χ0v) is 11.6. The Balaban J connectivity index is 2.41. The maximum absolute atomic E-state index is 11.0. The number of thiophene rings is 1. The Morgan fingerprint density at radius 3 is 2.74 bits per heavy atom. The number of halogens is 1. The Kier molecular flexibility index (Phi) is 4.08. The molecule has 0 amide bonds. The molecule has 0 fully saturated rings. The molecule has 0 aliphatic carbocycles. The summed E-state index contributed by atoms with van der Waals surface area (Å²) in [5.74, 6) is -1.05. The summed E-state index contributed by atoms with van der Waals surface area (Å²) in [6.45, 7) is 0. The summed E-state index contributed by atoms with van der Waals surface area (Å²) in [6.07, 6.45) is 0. The highest BCUT2D eigenvalue weighted by Crippen LogP contribution is 2.39. The van der Waals surface area contributed by atoms with Gasteiger partial charge in [-0.25, -0.2) is 4.79 Å². The third-order valence-corrected chi connectivity index (χ3v) is 4.55. The summed E-state index contributed by atoms with van der Waals surface area (Å²) in [7, 11) is 0. The first-order valence-corrected chi connectivity index (χ1v) is 6.99. The van der Waals surface area contributed by atoms with Gasteiger partial charge in [0.2, 0.25) is 0 Å². The van der Waals surface area contributed by atoms with Crippen molar-refractivity contribution >= 4 is 46.4 Å². The van der Waals surface area contributed by atoms with Crippen molar-refractivity contribution in [2.24, 2.45) is 0 Å². The second-order valence-electron chi connectivity index (χ2n) is 3.39. The monoisotopic (exact) mass is 315 g/mol. The highest BCUT2D eigenvalue weighted by atomic mass is 35.5. The van der Waals surface area contributed by atoms with Crippen LogP contribution in [0.1, 0.15) is 9.67 Å². The highest BCUT2D eigenvalue weighted by Gasteiger charge is 2.19. The van der Waals surface area contributed by atoms with Crippen LogP contribution in [0.5, 0.6) is 0 Å². The van der Waals surface area contributed by atoms with Crippen LogP contribution in [0.3, 0.4) is 0 Å². The minimum absolute atomic E-state index is 0.139. The van der Waals surface area contributed by atoms with E-state index in [1.165, 1.54) is 18.2 Å². The zero-order valence-electron chi connectivity index (χ0n) is 9.20. The molecule has 1 aromatic heterocycles. The largest absolute Gasteiger partial charge is 0.477 e. The molecule has 19 heavy (non-hydrogen) atoms. The Hall–Kier alpha value is -1.57. The van der Waals surface area contributed by atoms with Gasteiger partial charge in [-0.15, -0.1) is 11.3 Å². The quantitative estimate of drug-likeness (QED) is 0.677. The third-order valence-electron chi connectivity index (χ3n) is 2.16. The van der Waals surface area contributed by atoms with Crippen LogP contribution in [0, 0.1) is 10.1 Å². The van der Waals surface area contributed by atoms with Crippen LogP contribution in [0.25, 0.3) is 0 Å². The fraction of sp³-hybridized carbons (Fsp3) is 0. The Bertz CT molecular complexity index is 656. The van der Waals surface area contributed by atoms with E-state index in [1.54, 1.807) is 11.4 Å². The van der Waals surface area contributed by atoms with E-state index in [4.69, 9.17) is 16.7 Å². The van der Waals surface area contributed by atoms with E-state index in [0.717, 1.165) is 23.1 Å². The van der Waals surface area contributed by atoms with E-state index < -0.39 is 10.9 Å². The standard InChI is InChI=1S/C11H6ClNO4S2/c12-6-1-2-8(7(5-6)13(16)17)19-9-3-4-18-10(9)11(14)15/h1-5H,(H,14,15). The van der Waals surface area contributed by atoms with Crippen molar-refractivity contribution in [3.8, 4) is 0 Å². The number of nitro groups is 1. The lowest BCUT2D eigenvalue weighted by Gasteiger charge is -2.03. The summed E-state index contributed by atoms with van der Waals surface area (Å²) in [5, 5.41) is 21.8. The molecule has 0 spiro atoms. The summed E-state index contributed by atoms with van der Waals surface area (Å²) in [6, 6.07) is 5.91. The molecule has 2 aromatic rings. The fourth-order valence-corrected chi connectivity index (χ4v) is 3.45. The number of benzene rings is 1. The second-order valence-corrected chi connectivity index (χ2v) is 5.83. The molecule has 0 bridgehead atoms. The summed E-state index contributed by atoms with van der Waals surface area (Å²) >= 11 is 7.84. The molecule has 1 aromatic carbocycles. The molecule has 0 radical (unpaired) electrons. The smallest absolute Gasteiger partial charge is 0.347 e. The summed E-state index contributed by atoms with van der Waals surface area (Å²) < 4.78 is 0. The lowest BCUT2D eigenvalue weighted by molar-refractivity contribution is -0.387. The minimum atomic E-state index is -1.05. The van der Waals surface area contributed by atoms with Gasteiger partial charge in [0.25, 0.3) is 5.69 Å². The third kappa shape index (κ3) is 3.06. The van der Waals surface area contributed by atoms with Gasteiger partial charge in [-0.3, -0.25) is 10.1 Å². The van der Waals surface area contributed by atoms with Gasteiger partial charge >= 0.3 is 5.97 Å². The maximum Gasteiger partial charge on any atom is 0.347 e. The molecular weight excluding hydrogens is 310 g/mol. The predicted molar refractivity (Wildman–Crippen MR) is 73.5 cm³/mol. The SMILES string of the molecule is O=C(O)c1sccc1Sc1ccc(Cl)cc1[N+](=O)[O-]. The van der Waals surface area contributed by atoms with Crippen LogP contribution in [0.15, 0.2) is 39.4 Å². The van der Waals surface area contributed by atoms with Gasteiger partial charge in [-0.2, -0.15) is 0 Å². The molecule has 0 aliphatic heterocycles. The van der Waals surface area contributed by atoms with E-state index in [-0.39, 0.29) is 15.6 Å². The van der Waals surface area contributed by atoms with Crippen molar-refractivity contribution in [3.63, 3.8) is 0 Å². The maximum atomic E-state index is 11.0. The molecular formula is C11H6ClNO4S2. The van der Waals surface area contributed by atoms with Crippen LogP contribution in [-0.2, 0) is 0 Å². The Morgan fingerprint density at radius 1 is 1.37 bits per heavy atom.